The minimum atomic E-state index is -4.72. The molecule has 0 aliphatic carbocycles. The maximum absolute atomic E-state index is 12.8. The summed E-state index contributed by atoms with van der Waals surface area (Å²) < 4.78 is 34.3. The Morgan fingerprint density at radius 3 is 2.72 bits per heavy atom. The molecule has 2 rings (SSSR count). The van der Waals surface area contributed by atoms with Gasteiger partial charge in [-0.2, -0.15) is 8.42 Å². The van der Waals surface area contributed by atoms with Gasteiger partial charge in [-0.1, -0.05) is 6.07 Å². The quantitative estimate of drug-likeness (QED) is 0.694. The maximum atomic E-state index is 12.8. The van der Waals surface area contributed by atoms with Gasteiger partial charge in [0.05, 0.1) is 0 Å². The molecule has 0 aliphatic rings. The van der Waals surface area contributed by atoms with Crippen LogP contribution in [0.2, 0.25) is 5.28 Å². The minimum absolute atomic E-state index is 0.0502. The van der Waals surface area contributed by atoms with Crippen molar-refractivity contribution in [2.45, 2.75) is 4.90 Å². The number of anilines is 2. The summed E-state index contributed by atoms with van der Waals surface area (Å²) in [5, 5.41) is 2.84. The van der Waals surface area contributed by atoms with Crippen LogP contribution in [0.5, 0.6) is 0 Å². The number of nitrogens with one attached hydrogen (secondary N) is 1. The molecule has 0 saturated heterocycles. The van der Waals surface area contributed by atoms with Gasteiger partial charge >= 0.3 is 10.2 Å². The first kappa shape index (κ1) is 12.7. The van der Waals surface area contributed by atoms with Crippen LogP contribution < -0.4 is 5.32 Å². The summed E-state index contributed by atoms with van der Waals surface area (Å²) in [6.45, 7) is 0. The van der Waals surface area contributed by atoms with E-state index >= 15 is 0 Å². The Kier molecular flexibility index (Phi) is 3.44. The topological polar surface area (TPSA) is 72.0 Å². The van der Waals surface area contributed by atoms with Gasteiger partial charge in [-0.3, -0.25) is 0 Å². The Bertz CT molecular complexity index is 678. The largest absolute Gasteiger partial charge is 0.340 e. The molecule has 0 unspecified atom stereocenters. The molecular formula is C10H7ClFN3O2S. The van der Waals surface area contributed by atoms with Crippen molar-refractivity contribution in [2.75, 3.05) is 5.32 Å². The highest BCUT2D eigenvalue weighted by molar-refractivity contribution is 7.86. The second-order valence-electron chi connectivity index (χ2n) is 3.30. The van der Waals surface area contributed by atoms with Crippen LogP contribution in [0.3, 0.4) is 0 Å². The molecule has 0 atom stereocenters. The Hall–Kier alpha value is -1.73. The van der Waals surface area contributed by atoms with Crippen molar-refractivity contribution < 1.29 is 12.3 Å². The van der Waals surface area contributed by atoms with E-state index in [9.17, 15) is 12.3 Å². The van der Waals surface area contributed by atoms with Crippen LogP contribution in [0.15, 0.2) is 41.4 Å². The van der Waals surface area contributed by atoms with Gasteiger partial charge in [-0.25, -0.2) is 9.97 Å². The molecule has 8 heteroatoms. The fourth-order valence-electron chi connectivity index (χ4n) is 1.28. The molecular weight excluding hydrogens is 281 g/mol. The number of hydrogen-bond acceptors (Lipinski definition) is 5. The summed E-state index contributed by atoms with van der Waals surface area (Å²) in [5.41, 5.74) is 0.378. The number of aromatic nitrogens is 2. The standard InChI is InChI=1S/C10H7ClFN3O2S/c11-10-13-5-4-9(15-10)14-7-2-1-3-8(6-7)18(12,16)17/h1-6H,(H,13,14,15). The highest BCUT2D eigenvalue weighted by Gasteiger charge is 2.11. The summed E-state index contributed by atoms with van der Waals surface area (Å²) in [5.74, 6) is 0.378. The van der Waals surface area contributed by atoms with E-state index in [2.05, 4.69) is 15.3 Å². The van der Waals surface area contributed by atoms with E-state index < -0.39 is 15.1 Å². The summed E-state index contributed by atoms with van der Waals surface area (Å²) in [6, 6.07) is 6.85. The van der Waals surface area contributed by atoms with E-state index in [1.165, 1.54) is 12.3 Å². The zero-order valence-corrected chi connectivity index (χ0v) is 10.4. The summed E-state index contributed by atoms with van der Waals surface area (Å²) in [7, 11) is -4.72. The molecule has 0 spiro atoms. The van der Waals surface area contributed by atoms with Crippen LogP contribution in [-0.4, -0.2) is 18.4 Å². The number of hydrogen-bond donors (Lipinski definition) is 1. The lowest BCUT2D eigenvalue weighted by molar-refractivity contribution is 0.552. The van der Waals surface area contributed by atoms with Crippen molar-refractivity contribution in [3.05, 3.63) is 41.8 Å². The number of halogens is 2. The van der Waals surface area contributed by atoms with E-state index in [0.29, 0.717) is 11.5 Å². The van der Waals surface area contributed by atoms with Crippen LogP contribution >= 0.6 is 11.6 Å². The third-order valence-corrected chi connectivity index (χ3v) is 3.01. The molecule has 0 bridgehead atoms. The minimum Gasteiger partial charge on any atom is -0.340 e. The first-order valence-corrected chi connectivity index (χ1v) is 6.51. The lowest BCUT2D eigenvalue weighted by atomic mass is 10.3. The van der Waals surface area contributed by atoms with Crippen LogP contribution in [-0.2, 0) is 10.2 Å². The van der Waals surface area contributed by atoms with Crippen LogP contribution in [0, 0.1) is 0 Å². The summed E-state index contributed by atoms with van der Waals surface area (Å²) >= 11 is 5.60. The van der Waals surface area contributed by atoms with Crippen LogP contribution in [0.1, 0.15) is 0 Å². The van der Waals surface area contributed by atoms with Gasteiger partial charge in [0.1, 0.15) is 10.7 Å². The smallest absolute Gasteiger partial charge is 0.332 e. The molecule has 5 nitrogen and oxygen atoms in total. The van der Waals surface area contributed by atoms with E-state index in [1.807, 2.05) is 0 Å². The normalized spacial score (nSPS) is 11.2. The average Bonchev–Trinajstić information content (AvgIpc) is 2.28. The molecule has 0 fully saturated rings. The van der Waals surface area contributed by atoms with Gasteiger partial charge in [0, 0.05) is 11.9 Å². The molecule has 0 aliphatic heterocycles. The number of benzene rings is 1. The Balaban J connectivity index is 2.30. The predicted octanol–water partition coefficient (Wildman–Crippen LogP) is 2.53. The average molecular weight is 288 g/mol. The molecule has 1 aromatic heterocycles. The molecule has 94 valence electrons. The van der Waals surface area contributed by atoms with Crippen molar-refractivity contribution in [1.82, 2.24) is 9.97 Å². The summed E-state index contributed by atoms with van der Waals surface area (Å²) in [4.78, 5) is 7.13. The number of rotatable bonds is 3. The zero-order chi connectivity index (χ0) is 13.2. The van der Waals surface area contributed by atoms with E-state index in [4.69, 9.17) is 11.6 Å². The lowest BCUT2D eigenvalue weighted by Gasteiger charge is -2.05. The van der Waals surface area contributed by atoms with Gasteiger partial charge in [-0.05, 0) is 35.9 Å². The molecule has 2 aromatic rings. The van der Waals surface area contributed by atoms with Crippen molar-refractivity contribution in [1.29, 1.82) is 0 Å². The highest BCUT2D eigenvalue weighted by Crippen LogP contribution is 2.20. The second-order valence-corrected chi connectivity index (χ2v) is 4.99. The van der Waals surface area contributed by atoms with Crippen LogP contribution in [0.4, 0.5) is 15.4 Å². The van der Waals surface area contributed by atoms with E-state index in [1.54, 1.807) is 12.1 Å². The first-order valence-electron chi connectivity index (χ1n) is 4.75. The van der Waals surface area contributed by atoms with Crippen molar-refractivity contribution in [3.63, 3.8) is 0 Å². The van der Waals surface area contributed by atoms with Gasteiger partial charge in [0.15, 0.2) is 0 Å². The Morgan fingerprint density at radius 1 is 1.28 bits per heavy atom. The van der Waals surface area contributed by atoms with Crippen molar-refractivity contribution >= 4 is 33.3 Å². The highest BCUT2D eigenvalue weighted by atomic mass is 35.5. The van der Waals surface area contributed by atoms with E-state index in [0.717, 1.165) is 12.1 Å². The molecule has 0 amide bonds. The van der Waals surface area contributed by atoms with Gasteiger partial charge in [0.25, 0.3) is 0 Å². The molecule has 0 saturated carbocycles. The van der Waals surface area contributed by atoms with Crippen molar-refractivity contribution in [2.24, 2.45) is 0 Å². The molecule has 1 N–H and O–H groups in total. The van der Waals surface area contributed by atoms with Crippen LogP contribution in [0.25, 0.3) is 0 Å². The number of nitrogens with zero attached hydrogens (tertiary/aromatic N) is 2. The van der Waals surface area contributed by atoms with Crippen molar-refractivity contribution in [3.8, 4) is 0 Å². The summed E-state index contributed by atoms with van der Waals surface area (Å²) in [6.07, 6.45) is 1.44. The molecule has 1 aromatic carbocycles. The molecule has 1 heterocycles. The zero-order valence-electron chi connectivity index (χ0n) is 8.84. The van der Waals surface area contributed by atoms with Gasteiger partial charge in [0.2, 0.25) is 5.28 Å². The van der Waals surface area contributed by atoms with E-state index in [-0.39, 0.29) is 5.28 Å². The Labute approximate surface area is 108 Å². The Morgan fingerprint density at radius 2 is 2.06 bits per heavy atom. The third kappa shape index (κ3) is 3.14. The maximum Gasteiger partial charge on any atom is 0.332 e. The fourth-order valence-corrected chi connectivity index (χ4v) is 1.93. The predicted molar refractivity (Wildman–Crippen MR) is 65.1 cm³/mol. The van der Waals surface area contributed by atoms with Gasteiger partial charge in [-0.15, -0.1) is 3.89 Å². The second kappa shape index (κ2) is 4.87. The lowest BCUT2D eigenvalue weighted by Crippen LogP contribution is -1.97. The monoisotopic (exact) mass is 287 g/mol. The third-order valence-electron chi connectivity index (χ3n) is 2.01. The fraction of sp³-hybridized carbons (Fsp3) is 0. The SMILES string of the molecule is O=S(=O)(F)c1cccc(Nc2ccnc(Cl)n2)c1. The van der Waals surface area contributed by atoms with Gasteiger partial charge < -0.3 is 5.32 Å². The molecule has 0 radical (unpaired) electrons. The first-order chi connectivity index (χ1) is 8.45. The molecule has 18 heavy (non-hydrogen) atoms.